The van der Waals surface area contributed by atoms with E-state index in [2.05, 4.69) is 10.3 Å². The first-order chi connectivity index (χ1) is 8.04. The van der Waals surface area contributed by atoms with Gasteiger partial charge in [0.05, 0.1) is 5.56 Å². The molecule has 0 radical (unpaired) electrons. The molecule has 0 spiro atoms. The molecule has 0 aliphatic heterocycles. The molecular weight excluding hydrogens is 253 g/mol. The zero-order valence-corrected chi connectivity index (χ0v) is 9.98. The first-order valence-electron chi connectivity index (χ1n) is 5.37. The quantitative estimate of drug-likeness (QED) is 0.623. The van der Waals surface area contributed by atoms with Crippen molar-refractivity contribution in [1.82, 2.24) is 4.98 Å². The number of halogens is 4. The number of nitrogens with zero attached hydrogens (tertiary/aromatic N) is 1. The zero-order valence-electron chi connectivity index (χ0n) is 9.23. The standard InChI is InChI=1S/C11H14ClF3N2/c12-6-2-1-3-7-16-10-5-4-9(8-17-10)11(13,14)15/h4-5,8H,1-3,6-7H2,(H,16,17). The Bertz CT molecular complexity index is 324. The van der Waals surface area contributed by atoms with Crippen LogP contribution in [-0.2, 0) is 6.18 Å². The lowest BCUT2D eigenvalue weighted by molar-refractivity contribution is -0.137. The molecule has 6 heteroatoms. The van der Waals surface area contributed by atoms with Gasteiger partial charge in [-0.25, -0.2) is 4.98 Å². The van der Waals surface area contributed by atoms with E-state index in [1.807, 2.05) is 0 Å². The second kappa shape index (κ2) is 6.69. The molecular formula is C11H14ClF3N2. The molecule has 0 aromatic carbocycles. The summed E-state index contributed by atoms with van der Waals surface area (Å²) < 4.78 is 36.7. The lowest BCUT2D eigenvalue weighted by Crippen LogP contribution is -2.07. The van der Waals surface area contributed by atoms with Crippen molar-refractivity contribution < 1.29 is 13.2 Å². The van der Waals surface area contributed by atoms with Crippen molar-refractivity contribution in [3.8, 4) is 0 Å². The van der Waals surface area contributed by atoms with E-state index >= 15 is 0 Å². The summed E-state index contributed by atoms with van der Waals surface area (Å²) in [7, 11) is 0. The summed E-state index contributed by atoms with van der Waals surface area (Å²) in [6.07, 6.45) is -0.622. The molecule has 0 fully saturated rings. The summed E-state index contributed by atoms with van der Waals surface area (Å²) >= 11 is 5.52. The number of nitrogens with one attached hydrogen (secondary N) is 1. The smallest absolute Gasteiger partial charge is 0.370 e. The van der Waals surface area contributed by atoms with Gasteiger partial charge in [-0.1, -0.05) is 6.42 Å². The van der Waals surface area contributed by atoms with Crippen molar-refractivity contribution in [3.63, 3.8) is 0 Å². The molecule has 1 heterocycles. The van der Waals surface area contributed by atoms with Crippen molar-refractivity contribution in [1.29, 1.82) is 0 Å². The first kappa shape index (κ1) is 14.1. The molecule has 0 amide bonds. The molecule has 17 heavy (non-hydrogen) atoms. The number of anilines is 1. The van der Waals surface area contributed by atoms with E-state index < -0.39 is 11.7 Å². The molecule has 0 aliphatic carbocycles. The van der Waals surface area contributed by atoms with Crippen LogP contribution in [0.4, 0.5) is 19.0 Å². The SMILES string of the molecule is FC(F)(F)c1ccc(NCCCCCCl)nc1. The predicted octanol–water partition coefficient (Wildman–Crippen LogP) is 3.92. The van der Waals surface area contributed by atoms with Gasteiger partial charge in [0, 0.05) is 18.6 Å². The van der Waals surface area contributed by atoms with E-state index in [0.717, 1.165) is 31.5 Å². The van der Waals surface area contributed by atoms with E-state index in [4.69, 9.17) is 11.6 Å². The minimum atomic E-state index is -4.33. The van der Waals surface area contributed by atoms with Crippen LogP contribution < -0.4 is 5.32 Å². The molecule has 96 valence electrons. The predicted molar refractivity (Wildman–Crippen MR) is 62.3 cm³/mol. The average Bonchev–Trinajstić information content (AvgIpc) is 2.28. The molecule has 0 saturated heterocycles. The minimum Gasteiger partial charge on any atom is -0.370 e. The van der Waals surface area contributed by atoms with Gasteiger partial charge < -0.3 is 5.32 Å². The summed E-state index contributed by atoms with van der Waals surface area (Å²) in [6, 6.07) is 2.36. The minimum absolute atomic E-state index is 0.462. The van der Waals surface area contributed by atoms with Crippen LogP contribution in [0.25, 0.3) is 0 Å². The lowest BCUT2D eigenvalue weighted by Gasteiger charge is -2.08. The highest BCUT2D eigenvalue weighted by molar-refractivity contribution is 6.17. The van der Waals surface area contributed by atoms with E-state index in [1.165, 1.54) is 6.07 Å². The van der Waals surface area contributed by atoms with Crippen molar-refractivity contribution >= 4 is 17.4 Å². The highest BCUT2D eigenvalue weighted by Crippen LogP contribution is 2.28. The molecule has 1 N–H and O–H groups in total. The summed E-state index contributed by atoms with van der Waals surface area (Å²) in [5.74, 6) is 1.10. The molecule has 2 nitrogen and oxygen atoms in total. The lowest BCUT2D eigenvalue weighted by atomic mass is 10.2. The molecule has 1 aromatic heterocycles. The largest absolute Gasteiger partial charge is 0.417 e. The molecule has 1 aromatic rings. The Hall–Kier alpha value is -0.970. The van der Waals surface area contributed by atoms with Crippen LogP contribution >= 0.6 is 11.6 Å². The summed E-state index contributed by atoms with van der Waals surface area (Å²) in [5, 5.41) is 2.96. The Morgan fingerprint density at radius 1 is 1.18 bits per heavy atom. The highest BCUT2D eigenvalue weighted by Gasteiger charge is 2.30. The van der Waals surface area contributed by atoms with E-state index in [-0.39, 0.29) is 0 Å². The van der Waals surface area contributed by atoms with Crippen molar-refractivity contribution in [2.24, 2.45) is 0 Å². The summed E-state index contributed by atoms with van der Waals surface area (Å²) in [5.41, 5.74) is -0.731. The van der Waals surface area contributed by atoms with Crippen LogP contribution in [0.2, 0.25) is 0 Å². The van der Waals surface area contributed by atoms with Crippen LogP contribution in [-0.4, -0.2) is 17.4 Å². The molecule has 0 saturated carbocycles. The van der Waals surface area contributed by atoms with E-state index in [1.54, 1.807) is 0 Å². The maximum atomic E-state index is 12.2. The van der Waals surface area contributed by atoms with Crippen LogP contribution in [0.1, 0.15) is 24.8 Å². The van der Waals surface area contributed by atoms with Crippen LogP contribution in [0, 0.1) is 0 Å². The Balaban J connectivity index is 2.36. The van der Waals surface area contributed by atoms with E-state index in [9.17, 15) is 13.2 Å². The Labute approximate surface area is 103 Å². The second-order valence-electron chi connectivity index (χ2n) is 3.61. The molecule has 0 bridgehead atoms. The molecule has 1 rings (SSSR count). The summed E-state index contributed by atoms with van der Waals surface area (Å²) in [4.78, 5) is 3.71. The number of unbranched alkanes of at least 4 members (excludes halogenated alkanes) is 2. The number of aromatic nitrogens is 1. The second-order valence-corrected chi connectivity index (χ2v) is 3.98. The zero-order chi connectivity index (χ0) is 12.7. The van der Waals surface area contributed by atoms with Gasteiger partial charge in [0.25, 0.3) is 0 Å². The van der Waals surface area contributed by atoms with Crippen LogP contribution in [0.15, 0.2) is 18.3 Å². The number of hydrogen-bond acceptors (Lipinski definition) is 2. The average molecular weight is 267 g/mol. The third-order valence-corrected chi connectivity index (χ3v) is 2.47. The number of pyridine rings is 1. The van der Waals surface area contributed by atoms with Gasteiger partial charge in [0.15, 0.2) is 0 Å². The molecule has 0 unspecified atom stereocenters. The Kier molecular flexibility index (Phi) is 5.55. The number of rotatable bonds is 6. The summed E-state index contributed by atoms with van der Waals surface area (Å²) in [6.45, 7) is 0.690. The maximum absolute atomic E-state index is 12.2. The normalized spacial score (nSPS) is 11.5. The number of hydrogen-bond donors (Lipinski definition) is 1. The highest BCUT2D eigenvalue weighted by atomic mass is 35.5. The van der Waals surface area contributed by atoms with Gasteiger partial charge in [0.2, 0.25) is 0 Å². The van der Waals surface area contributed by atoms with E-state index in [0.29, 0.717) is 18.2 Å². The Morgan fingerprint density at radius 2 is 1.94 bits per heavy atom. The van der Waals surface area contributed by atoms with Crippen LogP contribution in [0.3, 0.4) is 0 Å². The van der Waals surface area contributed by atoms with Gasteiger partial charge in [0.1, 0.15) is 5.82 Å². The first-order valence-corrected chi connectivity index (χ1v) is 5.90. The van der Waals surface area contributed by atoms with Gasteiger partial charge in [-0.15, -0.1) is 11.6 Å². The fraction of sp³-hybridized carbons (Fsp3) is 0.545. The topological polar surface area (TPSA) is 24.9 Å². The van der Waals surface area contributed by atoms with Crippen molar-refractivity contribution in [2.75, 3.05) is 17.7 Å². The monoisotopic (exact) mass is 266 g/mol. The third kappa shape index (κ3) is 5.26. The number of alkyl halides is 4. The van der Waals surface area contributed by atoms with Crippen molar-refractivity contribution in [3.05, 3.63) is 23.9 Å². The molecule has 0 aliphatic rings. The molecule has 0 atom stereocenters. The fourth-order valence-electron chi connectivity index (χ4n) is 1.28. The maximum Gasteiger partial charge on any atom is 0.417 e. The fourth-order valence-corrected chi connectivity index (χ4v) is 1.47. The third-order valence-electron chi connectivity index (χ3n) is 2.21. The van der Waals surface area contributed by atoms with Gasteiger partial charge in [-0.3, -0.25) is 0 Å². The van der Waals surface area contributed by atoms with Gasteiger partial charge >= 0.3 is 6.18 Å². The van der Waals surface area contributed by atoms with Gasteiger partial charge in [-0.05, 0) is 25.0 Å². The Morgan fingerprint density at radius 3 is 2.47 bits per heavy atom. The van der Waals surface area contributed by atoms with Crippen molar-refractivity contribution in [2.45, 2.75) is 25.4 Å². The van der Waals surface area contributed by atoms with Gasteiger partial charge in [-0.2, -0.15) is 13.2 Å². The van der Waals surface area contributed by atoms with Crippen LogP contribution in [0.5, 0.6) is 0 Å².